The number of likely N-dealkylation sites (tertiary alicyclic amines) is 1. The van der Waals surface area contributed by atoms with Crippen LogP contribution >= 0.6 is 0 Å². The lowest BCUT2D eigenvalue weighted by Crippen LogP contribution is -2.65. The van der Waals surface area contributed by atoms with Gasteiger partial charge < -0.3 is 14.7 Å². The van der Waals surface area contributed by atoms with Crippen LogP contribution < -0.4 is 0 Å². The van der Waals surface area contributed by atoms with Crippen molar-refractivity contribution in [1.82, 2.24) is 4.90 Å². The van der Waals surface area contributed by atoms with Crippen molar-refractivity contribution >= 4 is 12.1 Å². The van der Waals surface area contributed by atoms with Crippen LogP contribution in [0, 0.1) is 11.3 Å². The number of carbonyl (C=O) groups is 2. The Kier molecular flexibility index (Phi) is 3.09. The largest absolute Gasteiger partial charge is 0.481 e. The minimum Gasteiger partial charge on any atom is -0.481 e. The number of aliphatic carboxylic acids is 1. The maximum Gasteiger partial charge on any atom is 0.410 e. The highest BCUT2D eigenvalue weighted by atomic mass is 16.6. The molecule has 94 valence electrons. The second kappa shape index (κ2) is 4.39. The molecule has 17 heavy (non-hydrogen) atoms. The molecule has 2 fully saturated rings. The zero-order chi connectivity index (χ0) is 12.5. The Balaban J connectivity index is 1.79. The summed E-state index contributed by atoms with van der Waals surface area (Å²) >= 11 is 0. The molecule has 0 bridgehead atoms. The van der Waals surface area contributed by atoms with Crippen molar-refractivity contribution < 1.29 is 19.4 Å². The molecule has 2 aliphatic rings. The molecule has 1 aliphatic heterocycles. The van der Waals surface area contributed by atoms with E-state index < -0.39 is 5.97 Å². The van der Waals surface area contributed by atoms with Crippen molar-refractivity contribution in [3.8, 4) is 0 Å². The topological polar surface area (TPSA) is 66.8 Å². The van der Waals surface area contributed by atoms with Crippen molar-refractivity contribution in [2.24, 2.45) is 11.3 Å². The van der Waals surface area contributed by atoms with Gasteiger partial charge in [-0.2, -0.15) is 0 Å². The summed E-state index contributed by atoms with van der Waals surface area (Å²) < 4.78 is 4.93. The van der Waals surface area contributed by atoms with E-state index in [9.17, 15) is 9.59 Å². The van der Waals surface area contributed by atoms with E-state index in [4.69, 9.17) is 9.84 Å². The van der Waals surface area contributed by atoms with Gasteiger partial charge in [0.15, 0.2) is 0 Å². The van der Waals surface area contributed by atoms with Gasteiger partial charge in [0, 0.05) is 24.9 Å². The van der Waals surface area contributed by atoms with Gasteiger partial charge in [0.1, 0.15) is 6.61 Å². The van der Waals surface area contributed by atoms with Crippen LogP contribution in [0.15, 0.2) is 12.7 Å². The van der Waals surface area contributed by atoms with Crippen molar-refractivity contribution in [2.75, 3.05) is 19.7 Å². The molecule has 1 unspecified atom stereocenters. The first-order valence-electron chi connectivity index (χ1n) is 5.82. The average molecular weight is 239 g/mol. The molecule has 0 radical (unpaired) electrons. The SMILES string of the molecule is C=CCOC(=O)N1CC2(CCC2CC(=O)O)C1. The molecule has 1 saturated carbocycles. The number of carbonyl (C=O) groups excluding carboxylic acids is 1. The van der Waals surface area contributed by atoms with E-state index in [0.717, 1.165) is 12.8 Å². The Bertz CT molecular complexity index is 346. The smallest absolute Gasteiger partial charge is 0.410 e. The molecule has 5 nitrogen and oxygen atoms in total. The minimum absolute atomic E-state index is 0.0611. The summed E-state index contributed by atoms with van der Waals surface area (Å²) in [6.07, 6.45) is 3.41. The number of nitrogens with zero attached hydrogens (tertiary/aromatic N) is 1. The summed E-state index contributed by atoms with van der Waals surface area (Å²) in [5.74, 6) is -0.523. The lowest BCUT2D eigenvalue weighted by molar-refractivity contribution is -0.148. The first-order chi connectivity index (χ1) is 8.07. The van der Waals surface area contributed by atoms with Gasteiger partial charge in [-0.25, -0.2) is 4.79 Å². The Labute approximate surface area is 100 Å². The molecule has 5 heteroatoms. The van der Waals surface area contributed by atoms with E-state index in [1.54, 1.807) is 4.90 Å². The van der Waals surface area contributed by atoms with E-state index in [1.807, 2.05) is 0 Å². The molecule has 2 rings (SSSR count). The van der Waals surface area contributed by atoms with Crippen LogP contribution in [0.5, 0.6) is 0 Å². The van der Waals surface area contributed by atoms with E-state index in [0.29, 0.717) is 13.1 Å². The maximum absolute atomic E-state index is 11.5. The van der Waals surface area contributed by atoms with Gasteiger partial charge in [-0.3, -0.25) is 4.79 Å². The highest BCUT2D eigenvalue weighted by Crippen LogP contribution is 2.54. The van der Waals surface area contributed by atoms with Gasteiger partial charge in [0.05, 0.1) is 0 Å². The summed E-state index contributed by atoms with van der Waals surface area (Å²) in [4.78, 5) is 23.8. The van der Waals surface area contributed by atoms with Crippen LogP contribution in [0.25, 0.3) is 0 Å². The molecule has 1 atom stereocenters. The first-order valence-corrected chi connectivity index (χ1v) is 5.82. The monoisotopic (exact) mass is 239 g/mol. The summed E-state index contributed by atoms with van der Waals surface area (Å²) in [5, 5.41) is 8.78. The Morgan fingerprint density at radius 1 is 1.53 bits per heavy atom. The number of carboxylic acids is 1. The fourth-order valence-corrected chi connectivity index (χ4v) is 2.77. The molecular formula is C12H17NO4. The quantitative estimate of drug-likeness (QED) is 0.755. The minimum atomic E-state index is -0.748. The molecule has 1 heterocycles. The Morgan fingerprint density at radius 2 is 2.24 bits per heavy atom. The average Bonchev–Trinajstić information content (AvgIpc) is 2.19. The number of hydrogen-bond acceptors (Lipinski definition) is 3. The highest BCUT2D eigenvalue weighted by Gasteiger charge is 2.56. The second-order valence-electron chi connectivity index (χ2n) is 4.92. The number of rotatable bonds is 4. The van der Waals surface area contributed by atoms with Gasteiger partial charge in [-0.1, -0.05) is 12.7 Å². The van der Waals surface area contributed by atoms with Crippen LogP contribution in [-0.2, 0) is 9.53 Å². The summed E-state index contributed by atoms with van der Waals surface area (Å²) in [7, 11) is 0. The third kappa shape index (κ3) is 2.14. The first kappa shape index (κ1) is 12.0. The zero-order valence-corrected chi connectivity index (χ0v) is 9.72. The number of carboxylic acid groups (broad SMARTS) is 1. The molecule has 0 aromatic heterocycles. The van der Waals surface area contributed by atoms with E-state index in [2.05, 4.69) is 6.58 Å². The van der Waals surface area contributed by atoms with Crippen molar-refractivity contribution in [1.29, 1.82) is 0 Å². The lowest BCUT2D eigenvalue weighted by atomic mass is 9.55. The Hall–Kier alpha value is -1.52. The summed E-state index contributed by atoms with van der Waals surface area (Å²) in [6.45, 7) is 4.98. The third-order valence-corrected chi connectivity index (χ3v) is 3.87. The Morgan fingerprint density at radius 3 is 2.71 bits per heavy atom. The fraction of sp³-hybridized carbons (Fsp3) is 0.667. The van der Waals surface area contributed by atoms with Crippen LogP contribution in [-0.4, -0.2) is 41.8 Å². The van der Waals surface area contributed by atoms with Crippen LogP contribution in [0.3, 0.4) is 0 Å². The molecule has 1 spiro atoms. The highest BCUT2D eigenvalue weighted by molar-refractivity contribution is 5.70. The lowest BCUT2D eigenvalue weighted by Gasteiger charge is -2.59. The number of amides is 1. The van der Waals surface area contributed by atoms with E-state index >= 15 is 0 Å². The second-order valence-corrected chi connectivity index (χ2v) is 4.92. The predicted octanol–water partition coefficient (Wildman–Crippen LogP) is 1.50. The van der Waals surface area contributed by atoms with Gasteiger partial charge in [0.2, 0.25) is 0 Å². The van der Waals surface area contributed by atoms with Crippen molar-refractivity contribution in [3.63, 3.8) is 0 Å². The fourth-order valence-electron chi connectivity index (χ4n) is 2.77. The normalized spacial score (nSPS) is 24.7. The molecular weight excluding hydrogens is 222 g/mol. The van der Waals surface area contributed by atoms with E-state index in [1.165, 1.54) is 6.08 Å². The van der Waals surface area contributed by atoms with Gasteiger partial charge in [0.25, 0.3) is 0 Å². The molecule has 1 N–H and O–H groups in total. The zero-order valence-electron chi connectivity index (χ0n) is 9.72. The molecule has 1 amide bonds. The van der Waals surface area contributed by atoms with Crippen LogP contribution in [0.2, 0.25) is 0 Å². The van der Waals surface area contributed by atoms with Crippen LogP contribution in [0.1, 0.15) is 19.3 Å². The standard InChI is InChI=1S/C12H17NO4/c1-2-5-17-11(16)13-7-12(8-13)4-3-9(12)6-10(14)15/h2,9H,1,3-8H2,(H,14,15). The number of ether oxygens (including phenoxy) is 1. The summed E-state index contributed by atoms with van der Waals surface area (Å²) in [6, 6.07) is 0. The predicted molar refractivity (Wildman–Crippen MR) is 60.5 cm³/mol. The molecule has 0 aromatic rings. The number of hydrogen-bond donors (Lipinski definition) is 1. The van der Waals surface area contributed by atoms with Gasteiger partial charge >= 0.3 is 12.1 Å². The molecule has 1 aliphatic carbocycles. The summed E-state index contributed by atoms with van der Waals surface area (Å²) in [5.41, 5.74) is 0.0611. The van der Waals surface area contributed by atoms with E-state index in [-0.39, 0.29) is 30.5 Å². The van der Waals surface area contributed by atoms with Gasteiger partial charge in [-0.05, 0) is 18.8 Å². The molecule has 0 aromatic carbocycles. The third-order valence-electron chi connectivity index (χ3n) is 3.87. The molecule has 1 saturated heterocycles. The van der Waals surface area contributed by atoms with Crippen molar-refractivity contribution in [2.45, 2.75) is 19.3 Å². The maximum atomic E-state index is 11.5. The van der Waals surface area contributed by atoms with Crippen molar-refractivity contribution in [3.05, 3.63) is 12.7 Å². The van der Waals surface area contributed by atoms with Crippen LogP contribution in [0.4, 0.5) is 4.79 Å². The van der Waals surface area contributed by atoms with Gasteiger partial charge in [-0.15, -0.1) is 0 Å².